The Labute approximate surface area is 123 Å². The fourth-order valence-electron chi connectivity index (χ4n) is 2.88. The third kappa shape index (κ3) is 3.20. The molecule has 1 heterocycles. The van der Waals surface area contributed by atoms with Gasteiger partial charge in [0, 0.05) is 29.4 Å². The van der Waals surface area contributed by atoms with Gasteiger partial charge in [-0.25, -0.2) is 0 Å². The van der Waals surface area contributed by atoms with E-state index in [4.69, 9.17) is 4.74 Å². The van der Waals surface area contributed by atoms with E-state index in [0.717, 1.165) is 0 Å². The Morgan fingerprint density at radius 2 is 2.24 bits per heavy atom. The lowest BCUT2D eigenvalue weighted by molar-refractivity contribution is -0.429. The average molecular weight is 315 g/mol. The van der Waals surface area contributed by atoms with E-state index in [2.05, 4.69) is 5.32 Å². The smallest absolute Gasteiger partial charge is 0.310 e. The number of nitrogens with one attached hydrogen (secondary N) is 1. The molecule has 1 aliphatic carbocycles. The summed E-state index contributed by atoms with van der Waals surface area (Å²) in [6.45, 7) is 0.539. The molecular weight excluding hydrogens is 300 g/mol. The number of allylic oxidation sites excluding steroid dienone is 3. The molecule has 0 aromatic heterocycles. The monoisotopic (exact) mass is 315 g/mol. The van der Waals surface area contributed by atoms with Gasteiger partial charge in [0.2, 0.25) is 5.70 Å². The number of rotatable bonds is 4. The molecule has 1 saturated heterocycles. The maximum Gasteiger partial charge on any atom is 0.310 e. The molecule has 0 radical (unpaired) electrons. The zero-order chi connectivity index (χ0) is 15.6. The molecular formula is C12H15N2O6S-. The Bertz CT molecular complexity index is 544. The van der Waals surface area contributed by atoms with Gasteiger partial charge in [0.15, 0.2) is 0 Å². The maximum absolute atomic E-state index is 11.8. The summed E-state index contributed by atoms with van der Waals surface area (Å²) in [5.74, 6) is -1.57. The van der Waals surface area contributed by atoms with Crippen LogP contribution < -0.4 is 5.32 Å². The molecule has 0 saturated carbocycles. The molecule has 1 fully saturated rings. The van der Waals surface area contributed by atoms with E-state index in [0.29, 0.717) is 13.0 Å². The molecule has 116 valence electrons. The molecule has 2 rings (SSSR count). The molecule has 0 aromatic rings. The van der Waals surface area contributed by atoms with Gasteiger partial charge in [-0.05, 0) is 30.1 Å². The van der Waals surface area contributed by atoms with Crippen molar-refractivity contribution in [3.05, 3.63) is 32.9 Å². The van der Waals surface area contributed by atoms with Crippen molar-refractivity contribution in [2.24, 2.45) is 11.8 Å². The fraction of sp³-hybridized carbons (Fsp3) is 0.583. The van der Waals surface area contributed by atoms with Gasteiger partial charge in [-0.15, -0.1) is 0 Å². The lowest BCUT2D eigenvalue weighted by Gasteiger charge is -2.31. The predicted molar refractivity (Wildman–Crippen MR) is 72.1 cm³/mol. The number of nitrogens with zero attached hydrogens (tertiary/aromatic N) is 1. The first-order chi connectivity index (χ1) is 9.95. The van der Waals surface area contributed by atoms with Crippen LogP contribution in [-0.2, 0) is 20.6 Å². The zero-order valence-electron chi connectivity index (χ0n) is 11.3. The van der Waals surface area contributed by atoms with E-state index < -0.39 is 39.9 Å². The fourth-order valence-corrected chi connectivity index (χ4v) is 3.54. The van der Waals surface area contributed by atoms with Crippen LogP contribution in [0.3, 0.4) is 0 Å². The third-order valence-electron chi connectivity index (χ3n) is 3.87. The summed E-state index contributed by atoms with van der Waals surface area (Å²) >= 11 is -2.48. The molecule has 2 aliphatic rings. The molecule has 8 nitrogen and oxygen atoms in total. The van der Waals surface area contributed by atoms with Crippen molar-refractivity contribution in [1.82, 2.24) is 5.32 Å². The Balaban J connectivity index is 2.30. The molecule has 0 bridgehead atoms. The van der Waals surface area contributed by atoms with Gasteiger partial charge in [-0.2, -0.15) is 0 Å². The van der Waals surface area contributed by atoms with Gasteiger partial charge in [-0.1, -0.05) is 0 Å². The molecule has 4 atom stereocenters. The first-order valence-corrected chi connectivity index (χ1v) is 7.48. The number of esters is 1. The van der Waals surface area contributed by atoms with Crippen molar-refractivity contribution in [2.75, 3.05) is 13.7 Å². The largest absolute Gasteiger partial charge is 0.769 e. The van der Waals surface area contributed by atoms with Crippen LogP contribution in [0, 0.1) is 22.0 Å². The summed E-state index contributed by atoms with van der Waals surface area (Å²) < 4.78 is 27.4. The second-order valence-corrected chi connectivity index (χ2v) is 5.87. The SMILES string of the molecule is COC(=O)C1CCNC1C1CC([N+](=O)[O-])=CC=C1S(=O)[O-]. The Morgan fingerprint density at radius 3 is 2.81 bits per heavy atom. The Hall–Kier alpha value is -1.58. The minimum atomic E-state index is -2.48. The number of methoxy groups -OCH3 is 1. The second-order valence-electron chi connectivity index (χ2n) is 4.93. The molecule has 9 heteroatoms. The highest BCUT2D eigenvalue weighted by Crippen LogP contribution is 2.36. The van der Waals surface area contributed by atoms with Crippen LogP contribution in [0.5, 0.6) is 0 Å². The van der Waals surface area contributed by atoms with Crippen LogP contribution in [0.25, 0.3) is 0 Å². The van der Waals surface area contributed by atoms with Crippen molar-refractivity contribution >= 4 is 17.0 Å². The van der Waals surface area contributed by atoms with Crippen LogP contribution in [0.1, 0.15) is 12.8 Å². The molecule has 0 spiro atoms. The van der Waals surface area contributed by atoms with Gasteiger partial charge in [0.25, 0.3) is 0 Å². The molecule has 4 unspecified atom stereocenters. The van der Waals surface area contributed by atoms with Crippen molar-refractivity contribution in [3.8, 4) is 0 Å². The van der Waals surface area contributed by atoms with E-state index in [1.165, 1.54) is 19.3 Å². The quantitative estimate of drug-likeness (QED) is 0.337. The van der Waals surface area contributed by atoms with Crippen molar-refractivity contribution in [2.45, 2.75) is 18.9 Å². The number of carbonyl (C=O) groups is 1. The van der Waals surface area contributed by atoms with Gasteiger partial charge >= 0.3 is 5.97 Å². The lowest BCUT2D eigenvalue weighted by atomic mass is 9.84. The topological polar surface area (TPSA) is 122 Å². The van der Waals surface area contributed by atoms with Crippen LogP contribution in [-0.4, -0.2) is 39.4 Å². The van der Waals surface area contributed by atoms with Crippen molar-refractivity contribution in [1.29, 1.82) is 0 Å². The number of nitro groups is 1. The summed E-state index contributed by atoms with van der Waals surface area (Å²) in [7, 11) is 1.27. The summed E-state index contributed by atoms with van der Waals surface area (Å²) in [6.07, 6.45) is 2.93. The van der Waals surface area contributed by atoms with Gasteiger partial charge in [0.1, 0.15) is 0 Å². The van der Waals surface area contributed by atoms with Crippen LogP contribution in [0.2, 0.25) is 0 Å². The summed E-state index contributed by atoms with van der Waals surface area (Å²) in [5.41, 5.74) is -0.0634. The molecule has 21 heavy (non-hydrogen) atoms. The first-order valence-electron chi connectivity index (χ1n) is 6.41. The first kappa shape index (κ1) is 15.8. The van der Waals surface area contributed by atoms with E-state index >= 15 is 0 Å². The number of hydrogen-bond donors (Lipinski definition) is 1. The van der Waals surface area contributed by atoms with E-state index in [1.54, 1.807) is 0 Å². The minimum Gasteiger partial charge on any atom is -0.769 e. The van der Waals surface area contributed by atoms with Crippen LogP contribution >= 0.6 is 0 Å². The standard InChI is InChI=1S/C12H16N2O6S/c1-20-12(15)8-4-5-13-11(8)9-6-7(14(16)17)2-3-10(9)21(18)19/h2-3,8-9,11,13H,4-6H2,1H3,(H,18,19)/p-1. The van der Waals surface area contributed by atoms with E-state index in [9.17, 15) is 23.7 Å². The van der Waals surface area contributed by atoms with Gasteiger partial charge < -0.3 is 14.6 Å². The number of ether oxygens (including phenoxy) is 1. The van der Waals surface area contributed by atoms with Crippen LogP contribution in [0.4, 0.5) is 0 Å². The number of hydrogen-bond acceptors (Lipinski definition) is 7. The lowest BCUT2D eigenvalue weighted by Crippen LogP contribution is -2.41. The van der Waals surface area contributed by atoms with Gasteiger partial charge in [-0.3, -0.25) is 19.1 Å². The highest BCUT2D eigenvalue weighted by molar-refractivity contribution is 7.83. The normalized spacial score (nSPS) is 30.3. The maximum atomic E-state index is 11.8. The summed E-state index contributed by atoms with van der Waals surface area (Å²) in [6, 6.07) is -0.481. The van der Waals surface area contributed by atoms with Crippen LogP contribution in [0.15, 0.2) is 22.8 Å². The average Bonchev–Trinajstić information content (AvgIpc) is 2.94. The Kier molecular flexibility index (Phi) is 4.86. The summed E-state index contributed by atoms with van der Waals surface area (Å²) in [4.78, 5) is 22.2. The Morgan fingerprint density at radius 1 is 1.52 bits per heavy atom. The van der Waals surface area contributed by atoms with E-state index in [-0.39, 0.29) is 17.0 Å². The minimum absolute atomic E-state index is 0.0298. The molecule has 0 amide bonds. The van der Waals surface area contributed by atoms with Gasteiger partial charge in [0.05, 0.1) is 18.0 Å². The highest BCUT2D eigenvalue weighted by atomic mass is 32.2. The molecule has 1 N–H and O–H groups in total. The van der Waals surface area contributed by atoms with Crippen molar-refractivity contribution < 1.29 is 23.2 Å². The third-order valence-corrected chi connectivity index (χ3v) is 4.69. The molecule has 0 aromatic carbocycles. The summed E-state index contributed by atoms with van der Waals surface area (Å²) in [5, 5.41) is 14.0. The van der Waals surface area contributed by atoms with Crippen molar-refractivity contribution in [3.63, 3.8) is 0 Å². The zero-order valence-corrected chi connectivity index (χ0v) is 12.1. The second kappa shape index (κ2) is 6.46. The predicted octanol–water partition coefficient (Wildman–Crippen LogP) is 0.0810. The highest BCUT2D eigenvalue weighted by Gasteiger charge is 2.42. The molecule has 1 aliphatic heterocycles. The number of carbonyl (C=O) groups excluding carboxylic acids is 1. The van der Waals surface area contributed by atoms with E-state index in [1.807, 2.05) is 0 Å².